The fourth-order valence-electron chi connectivity index (χ4n) is 3.22. The van der Waals surface area contributed by atoms with Crippen molar-refractivity contribution in [3.8, 4) is 0 Å². The molecule has 3 heterocycles. The summed E-state index contributed by atoms with van der Waals surface area (Å²) in [5, 5.41) is 8.85. The second kappa shape index (κ2) is 6.32. The van der Waals surface area contributed by atoms with Crippen LogP contribution >= 0.6 is 11.8 Å². The molecular formula is C17H18N4O2S. The average Bonchev–Trinajstić information content (AvgIpc) is 2.98. The van der Waals surface area contributed by atoms with Crippen molar-refractivity contribution in [1.82, 2.24) is 10.2 Å². The second-order valence-electron chi connectivity index (χ2n) is 6.03. The number of nitrogens with zero attached hydrogens (tertiary/aromatic N) is 2. The molecule has 0 bridgehead atoms. The SMILES string of the molecule is O=C1C[C@H](NC(=O)CC2=CSC3=NCCCN23)c2ccccc2N1. The van der Waals surface area contributed by atoms with Gasteiger partial charge in [0.05, 0.1) is 18.9 Å². The molecule has 4 rings (SSSR count). The molecule has 3 aliphatic rings. The van der Waals surface area contributed by atoms with E-state index in [1.54, 1.807) is 11.8 Å². The summed E-state index contributed by atoms with van der Waals surface area (Å²) >= 11 is 1.58. The summed E-state index contributed by atoms with van der Waals surface area (Å²) in [6.45, 7) is 1.78. The third-order valence-corrected chi connectivity index (χ3v) is 5.29. The number of amides is 2. The van der Waals surface area contributed by atoms with Crippen LogP contribution in [0.5, 0.6) is 0 Å². The molecule has 1 aromatic rings. The van der Waals surface area contributed by atoms with Gasteiger partial charge in [-0.2, -0.15) is 0 Å². The van der Waals surface area contributed by atoms with Gasteiger partial charge >= 0.3 is 0 Å². The summed E-state index contributed by atoms with van der Waals surface area (Å²) in [5.74, 6) is -0.136. The first-order valence-electron chi connectivity index (χ1n) is 8.06. The zero-order valence-corrected chi connectivity index (χ0v) is 13.9. The van der Waals surface area contributed by atoms with E-state index >= 15 is 0 Å². The molecule has 124 valence electrons. The molecule has 3 aliphatic heterocycles. The van der Waals surface area contributed by atoms with Crippen LogP contribution in [-0.2, 0) is 9.59 Å². The Labute approximate surface area is 144 Å². The average molecular weight is 342 g/mol. The lowest BCUT2D eigenvalue weighted by atomic mass is 9.97. The van der Waals surface area contributed by atoms with Gasteiger partial charge in [-0.25, -0.2) is 0 Å². The summed E-state index contributed by atoms with van der Waals surface area (Å²) in [5.41, 5.74) is 2.73. The number of amidine groups is 1. The number of aliphatic imine (C=N–C) groups is 1. The van der Waals surface area contributed by atoms with Crippen LogP contribution in [-0.4, -0.2) is 35.0 Å². The minimum Gasteiger partial charge on any atom is -0.348 e. The van der Waals surface area contributed by atoms with Gasteiger partial charge in [0, 0.05) is 24.5 Å². The van der Waals surface area contributed by atoms with Gasteiger partial charge in [-0.15, -0.1) is 0 Å². The highest BCUT2D eigenvalue weighted by atomic mass is 32.2. The maximum Gasteiger partial charge on any atom is 0.226 e. The van der Waals surface area contributed by atoms with Crippen LogP contribution in [0, 0.1) is 0 Å². The molecule has 7 heteroatoms. The lowest BCUT2D eigenvalue weighted by Crippen LogP contribution is -2.37. The van der Waals surface area contributed by atoms with Crippen LogP contribution in [0.25, 0.3) is 0 Å². The van der Waals surface area contributed by atoms with Gasteiger partial charge in [0.15, 0.2) is 5.17 Å². The Morgan fingerprint density at radius 3 is 3.21 bits per heavy atom. The van der Waals surface area contributed by atoms with Crippen molar-refractivity contribution < 1.29 is 9.59 Å². The van der Waals surface area contributed by atoms with Crippen LogP contribution in [0.3, 0.4) is 0 Å². The number of fused-ring (bicyclic) bond motifs is 2. The molecular weight excluding hydrogens is 324 g/mol. The van der Waals surface area contributed by atoms with Crippen molar-refractivity contribution in [3.05, 3.63) is 40.9 Å². The maximum absolute atomic E-state index is 12.5. The molecule has 0 radical (unpaired) electrons. The van der Waals surface area contributed by atoms with Gasteiger partial charge in [-0.05, 0) is 23.5 Å². The van der Waals surface area contributed by atoms with Crippen molar-refractivity contribution in [2.75, 3.05) is 18.4 Å². The number of nitrogens with one attached hydrogen (secondary N) is 2. The minimum absolute atomic E-state index is 0.0665. The first kappa shape index (κ1) is 15.3. The molecule has 1 atom stereocenters. The molecule has 1 aromatic carbocycles. The van der Waals surface area contributed by atoms with E-state index in [4.69, 9.17) is 0 Å². The van der Waals surface area contributed by atoms with E-state index in [2.05, 4.69) is 20.5 Å². The summed E-state index contributed by atoms with van der Waals surface area (Å²) in [7, 11) is 0. The quantitative estimate of drug-likeness (QED) is 0.883. The first-order valence-corrected chi connectivity index (χ1v) is 8.94. The van der Waals surface area contributed by atoms with Crippen LogP contribution in [0.1, 0.15) is 30.9 Å². The topological polar surface area (TPSA) is 73.8 Å². The van der Waals surface area contributed by atoms with Gasteiger partial charge in [0.1, 0.15) is 0 Å². The number of hydrogen-bond acceptors (Lipinski definition) is 5. The number of carbonyl (C=O) groups is 2. The standard InChI is InChI=1S/C17H18N4O2S/c22-15(8-11-10-24-17-18-6-3-7-21(11)17)20-14-9-16(23)19-13-5-2-1-4-12(13)14/h1-2,4-5,10,14H,3,6-9H2,(H,19,23)(H,20,22)/t14-/m0/s1. The molecule has 24 heavy (non-hydrogen) atoms. The smallest absolute Gasteiger partial charge is 0.226 e. The van der Waals surface area contributed by atoms with Gasteiger partial charge in [-0.3, -0.25) is 14.6 Å². The summed E-state index contributed by atoms with van der Waals surface area (Å²) in [4.78, 5) is 30.9. The summed E-state index contributed by atoms with van der Waals surface area (Å²) in [6.07, 6.45) is 1.60. The number of anilines is 1. The number of rotatable bonds is 3. The number of carbonyl (C=O) groups excluding carboxylic acids is 2. The fourth-order valence-corrected chi connectivity index (χ4v) is 4.18. The molecule has 0 unspecified atom stereocenters. The van der Waals surface area contributed by atoms with E-state index in [0.29, 0.717) is 6.42 Å². The molecule has 0 fully saturated rings. The van der Waals surface area contributed by atoms with E-state index < -0.39 is 0 Å². The van der Waals surface area contributed by atoms with Crippen molar-refractivity contribution >= 4 is 34.4 Å². The number of benzene rings is 1. The van der Waals surface area contributed by atoms with E-state index in [0.717, 1.165) is 41.6 Å². The number of hydrogen-bond donors (Lipinski definition) is 2. The third kappa shape index (κ3) is 2.91. The lowest BCUT2D eigenvalue weighted by molar-refractivity contribution is -0.122. The van der Waals surface area contributed by atoms with E-state index in [-0.39, 0.29) is 24.3 Å². The van der Waals surface area contributed by atoms with Crippen molar-refractivity contribution in [1.29, 1.82) is 0 Å². The first-order chi connectivity index (χ1) is 11.7. The van der Waals surface area contributed by atoms with Gasteiger partial charge in [0.2, 0.25) is 11.8 Å². The lowest BCUT2D eigenvalue weighted by Gasteiger charge is -2.28. The van der Waals surface area contributed by atoms with Crippen LogP contribution in [0.15, 0.2) is 40.4 Å². The predicted molar refractivity (Wildman–Crippen MR) is 94.5 cm³/mol. The van der Waals surface area contributed by atoms with Crippen LogP contribution in [0.4, 0.5) is 5.69 Å². The predicted octanol–water partition coefficient (Wildman–Crippen LogP) is 2.23. The zero-order valence-electron chi connectivity index (χ0n) is 13.1. The number of para-hydroxylation sites is 1. The Balaban J connectivity index is 1.44. The zero-order chi connectivity index (χ0) is 16.5. The number of thioether (sulfide) groups is 1. The Hall–Kier alpha value is -2.28. The van der Waals surface area contributed by atoms with E-state index in [1.165, 1.54) is 0 Å². The highest BCUT2D eigenvalue weighted by Gasteiger charge is 2.29. The van der Waals surface area contributed by atoms with Crippen LogP contribution < -0.4 is 10.6 Å². The fraction of sp³-hybridized carbons (Fsp3) is 0.353. The normalized spacial score (nSPS) is 22.1. The maximum atomic E-state index is 12.5. The van der Waals surface area contributed by atoms with Gasteiger partial charge < -0.3 is 15.5 Å². The van der Waals surface area contributed by atoms with Crippen molar-refractivity contribution in [2.24, 2.45) is 4.99 Å². The van der Waals surface area contributed by atoms with Crippen molar-refractivity contribution in [2.45, 2.75) is 25.3 Å². The molecule has 2 N–H and O–H groups in total. The molecule has 0 aromatic heterocycles. The minimum atomic E-state index is -0.272. The Morgan fingerprint density at radius 1 is 1.42 bits per heavy atom. The Kier molecular flexibility index (Phi) is 4.02. The highest BCUT2D eigenvalue weighted by molar-refractivity contribution is 8.16. The largest absolute Gasteiger partial charge is 0.348 e. The molecule has 6 nitrogen and oxygen atoms in total. The molecule has 0 saturated heterocycles. The van der Waals surface area contributed by atoms with E-state index in [9.17, 15) is 9.59 Å². The van der Waals surface area contributed by atoms with E-state index in [1.807, 2.05) is 29.7 Å². The van der Waals surface area contributed by atoms with Gasteiger partial charge in [0.25, 0.3) is 0 Å². The second-order valence-corrected chi connectivity index (χ2v) is 6.87. The Morgan fingerprint density at radius 2 is 2.29 bits per heavy atom. The summed E-state index contributed by atoms with van der Waals surface area (Å²) < 4.78 is 0. The molecule has 2 amide bonds. The van der Waals surface area contributed by atoms with Crippen molar-refractivity contribution in [3.63, 3.8) is 0 Å². The van der Waals surface area contributed by atoms with Crippen LogP contribution in [0.2, 0.25) is 0 Å². The Bertz CT molecular complexity index is 759. The third-order valence-electron chi connectivity index (χ3n) is 4.34. The monoisotopic (exact) mass is 342 g/mol. The highest BCUT2D eigenvalue weighted by Crippen LogP contribution is 2.32. The molecule has 0 saturated carbocycles. The summed E-state index contributed by atoms with van der Waals surface area (Å²) in [6, 6.07) is 7.33. The molecule has 0 spiro atoms. The molecule has 0 aliphatic carbocycles. The van der Waals surface area contributed by atoms with Gasteiger partial charge in [-0.1, -0.05) is 30.0 Å².